The molecular weight excluding hydrogens is 371 g/mol. The highest BCUT2D eigenvalue weighted by molar-refractivity contribution is 6.00. The normalized spacial score (nSPS) is 10.1. The van der Waals surface area contributed by atoms with E-state index in [1.165, 1.54) is 12.1 Å². The summed E-state index contributed by atoms with van der Waals surface area (Å²) in [5.74, 6) is -0.287. The number of carbonyl (C=O) groups is 2. The number of carbonyl (C=O) groups excluding carboxylic acids is 2. The maximum Gasteiger partial charge on any atom is 0.323 e. The Kier molecular flexibility index (Phi) is 6.78. The molecule has 4 N–H and O–H groups in total. The Hall–Kier alpha value is -3.87. The summed E-state index contributed by atoms with van der Waals surface area (Å²) >= 11 is 0. The van der Waals surface area contributed by atoms with E-state index < -0.39 is 0 Å². The predicted molar refractivity (Wildman–Crippen MR) is 113 cm³/mol. The van der Waals surface area contributed by atoms with Crippen LogP contribution in [-0.4, -0.2) is 18.6 Å². The Balaban J connectivity index is 1.46. The second-order valence-corrected chi connectivity index (χ2v) is 6.28. The molecule has 0 fully saturated rings. The number of hydrogen-bond acceptors (Lipinski definition) is 2. The number of benzene rings is 3. The highest BCUT2D eigenvalue weighted by Crippen LogP contribution is 2.15. The van der Waals surface area contributed by atoms with Crippen molar-refractivity contribution in [1.29, 1.82) is 0 Å². The van der Waals surface area contributed by atoms with E-state index in [-0.39, 0.29) is 17.9 Å². The van der Waals surface area contributed by atoms with Gasteiger partial charge in [0.15, 0.2) is 0 Å². The van der Waals surface area contributed by atoms with Gasteiger partial charge < -0.3 is 21.3 Å². The Labute approximate surface area is 168 Å². The Morgan fingerprint density at radius 2 is 1.28 bits per heavy atom. The van der Waals surface area contributed by atoms with Crippen LogP contribution in [0, 0.1) is 5.82 Å². The van der Waals surface area contributed by atoms with Crippen molar-refractivity contribution in [2.24, 2.45) is 0 Å². The SMILES string of the molecule is O=C(NCCc1ccc(F)cc1)Nc1cccc(NC(=O)Nc2ccccc2)c1. The molecule has 0 saturated heterocycles. The average molecular weight is 392 g/mol. The molecule has 0 spiro atoms. The Bertz CT molecular complexity index is 962. The maximum absolute atomic E-state index is 12.9. The third-order valence-corrected chi connectivity index (χ3v) is 4.02. The standard InChI is InChI=1S/C22H21FN4O2/c23-17-11-9-16(10-12-17)13-14-24-21(28)26-19-7-4-8-20(15-19)27-22(29)25-18-5-2-1-3-6-18/h1-12,15H,13-14H2,(H2,24,26,28)(H2,25,27,29). The van der Waals surface area contributed by atoms with E-state index in [1.807, 2.05) is 18.2 Å². The van der Waals surface area contributed by atoms with Crippen LogP contribution in [0.2, 0.25) is 0 Å². The molecule has 3 aromatic carbocycles. The van der Waals surface area contributed by atoms with Gasteiger partial charge in [-0.15, -0.1) is 0 Å². The molecule has 6 nitrogen and oxygen atoms in total. The molecule has 0 unspecified atom stereocenters. The lowest BCUT2D eigenvalue weighted by atomic mass is 10.1. The fourth-order valence-electron chi connectivity index (χ4n) is 2.64. The van der Waals surface area contributed by atoms with Crippen LogP contribution in [0.5, 0.6) is 0 Å². The molecular formula is C22H21FN4O2. The largest absolute Gasteiger partial charge is 0.338 e. The molecule has 0 aliphatic carbocycles. The second kappa shape index (κ2) is 9.89. The fourth-order valence-corrected chi connectivity index (χ4v) is 2.64. The van der Waals surface area contributed by atoms with E-state index in [0.717, 1.165) is 5.56 Å². The molecule has 7 heteroatoms. The highest BCUT2D eigenvalue weighted by atomic mass is 19.1. The minimum Gasteiger partial charge on any atom is -0.338 e. The van der Waals surface area contributed by atoms with E-state index in [0.29, 0.717) is 30.0 Å². The molecule has 148 valence electrons. The molecule has 0 bridgehead atoms. The molecule has 0 aromatic heterocycles. The first-order chi connectivity index (χ1) is 14.1. The Morgan fingerprint density at radius 1 is 0.690 bits per heavy atom. The van der Waals surface area contributed by atoms with Crippen molar-refractivity contribution in [3.05, 3.63) is 90.2 Å². The summed E-state index contributed by atoms with van der Waals surface area (Å²) < 4.78 is 12.9. The molecule has 3 aromatic rings. The number of amides is 4. The van der Waals surface area contributed by atoms with Gasteiger partial charge in [-0.05, 0) is 54.4 Å². The predicted octanol–water partition coefficient (Wildman–Crippen LogP) is 4.83. The second-order valence-electron chi connectivity index (χ2n) is 6.28. The number of nitrogens with one attached hydrogen (secondary N) is 4. The van der Waals surface area contributed by atoms with Crippen LogP contribution in [-0.2, 0) is 6.42 Å². The minimum absolute atomic E-state index is 0.287. The lowest BCUT2D eigenvalue weighted by Crippen LogP contribution is -2.30. The van der Waals surface area contributed by atoms with Crippen molar-refractivity contribution in [2.45, 2.75) is 6.42 Å². The summed E-state index contributed by atoms with van der Waals surface area (Å²) in [5, 5.41) is 10.9. The van der Waals surface area contributed by atoms with E-state index in [1.54, 1.807) is 48.5 Å². The van der Waals surface area contributed by atoms with Crippen molar-refractivity contribution in [3.8, 4) is 0 Å². The quantitative estimate of drug-likeness (QED) is 0.484. The van der Waals surface area contributed by atoms with Gasteiger partial charge in [-0.1, -0.05) is 36.4 Å². The molecule has 0 saturated carbocycles. The number of anilines is 3. The van der Waals surface area contributed by atoms with E-state index >= 15 is 0 Å². The van der Waals surface area contributed by atoms with Crippen LogP contribution in [0.25, 0.3) is 0 Å². The number of rotatable bonds is 6. The van der Waals surface area contributed by atoms with Crippen LogP contribution in [0.1, 0.15) is 5.56 Å². The first-order valence-electron chi connectivity index (χ1n) is 9.11. The number of halogens is 1. The summed E-state index contributed by atoms with van der Waals surface area (Å²) in [6.45, 7) is 0.412. The van der Waals surface area contributed by atoms with Crippen LogP contribution in [0.15, 0.2) is 78.9 Å². The topological polar surface area (TPSA) is 82.3 Å². The van der Waals surface area contributed by atoms with Crippen molar-refractivity contribution >= 4 is 29.1 Å². The molecule has 0 aliphatic rings. The van der Waals surface area contributed by atoms with Gasteiger partial charge in [0.2, 0.25) is 0 Å². The molecule has 0 atom stereocenters. The maximum atomic E-state index is 12.9. The summed E-state index contributed by atoms with van der Waals surface area (Å²) in [6, 6.07) is 21.3. The lowest BCUT2D eigenvalue weighted by Gasteiger charge is -2.11. The van der Waals surface area contributed by atoms with Gasteiger partial charge in [0, 0.05) is 23.6 Å². The van der Waals surface area contributed by atoms with Crippen LogP contribution < -0.4 is 21.3 Å². The van der Waals surface area contributed by atoms with Gasteiger partial charge in [0.05, 0.1) is 0 Å². The molecule has 0 radical (unpaired) electrons. The summed E-state index contributed by atoms with van der Waals surface area (Å²) in [6.07, 6.45) is 0.592. The third kappa shape index (κ3) is 6.66. The lowest BCUT2D eigenvalue weighted by molar-refractivity contribution is 0.252. The van der Waals surface area contributed by atoms with Gasteiger partial charge in [-0.25, -0.2) is 14.0 Å². The van der Waals surface area contributed by atoms with E-state index in [2.05, 4.69) is 21.3 Å². The van der Waals surface area contributed by atoms with Gasteiger partial charge in [0.25, 0.3) is 0 Å². The summed E-state index contributed by atoms with van der Waals surface area (Å²) in [5.41, 5.74) is 2.70. The first kappa shape index (κ1) is 19.9. The average Bonchev–Trinajstić information content (AvgIpc) is 2.70. The smallest absolute Gasteiger partial charge is 0.323 e. The fraction of sp³-hybridized carbons (Fsp3) is 0.0909. The van der Waals surface area contributed by atoms with Crippen molar-refractivity contribution in [2.75, 3.05) is 22.5 Å². The van der Waals surface area contributed by atoms with Crippen molar-refractivity contribution < 1.29 is 14.0 Å². The Morgan fingerprint density at radius 3 is 1.97 bits per heavy atom. The monoisotopic (exact) mass is 392 g/mol. The van der Waals surface area contributed by atoms with Gasteiger partial charge in [-0.3, -0.25) is 0 Å². The molecule has 3 rings (SSSR count). The zero-order valence-corrected chi connectivity index (χ0v) is 15.6. The zero-order valence-electron chi connectivity index (χ0n) is 15.6. The first-order valence-corrected chi connectivity index (χ1v) is 9.11. The van der Waals surface area contributed by atoms with Gasteiger partial charge >= 0.3 is 12.1 Å². The molecule has 0 aliphatic heterocycles. The summed E-state index contributed by atoms with van der Waals surface area (Å²) in [4.78, 5) is 24.1. The number of urea groups is 2. The van der Waals surface area contributed by atoms with Crippen LogP contribution >= 0.6 is 0 Å². The van der Waals surface area contributed by atoms with Gasteiger partial charge in [-0.2, -0.15) is 0 Å². The van der Waals surface area contributed by atoms with Crippen molar-refractivity contribution in [3.63, 3.8) is 0 Å². The van der Waals surface area contributed by atoms with E-state index in [4.69, 9.17) is 0 Å². The van der Waals surface area contributed by atoms with E-state index in [9.17, 15) is 14.0 Å². The highest BCUT2D eigenvalue weighted by Gasteiger charge is 2.05. The van der Waals surface area contributed by atoms with Crippen LogP contribution in [0.4, 0.5) is 31.0 Å². The zero-order chi connectivity index (χ0) is 20.5. The minimum atomic E-state index is -0.378. The van der Waals surface area contributed by atoms with Gasteiger partial charge in [0.1, 0.15) is 5.82 Å². The van der Waals surface area contributed by atoms with Crippen molar-refractivity contribution in [1.82, 2.24) is 5.32 Å². The number of para-hydroxylation sites is 1. The molecule has 29 heavy (non-hydrogen) atoms. The number of hydrogen-bond donors (Lipinski definition) is 4. The summed E-state index contributed by atoms with van der Waals surface area (Å²) in [7, 11) is 0. The van der Waals surface area contributed by atoms with Crippen LogP contribution in [0.3, 0.4) is 0 Å². The molecule has 0 heterocycles. The molecule has 4 amide bonds. The third-order valence-electron chi connectivity index (χ3n) is 4.02.